The molecule has 1 saturated carbocycles. The van der Waals surface area contributed by atoms with Crippen molar-refractivity contribution in [3.05, 3.63) is 0 Å². The smallest absolute Gasteiger partial charge is 0.248 e. The van der Waals surface area contributed by atoms with Gasteiger partial charge in [-0.05, 0) is 32.1 Å². The van der Waals surface area contributed by atoms with Crippen LogP contribution in [-0.2, 0) is 14.3 Å². The van der Waals surface area contributed by atoms with Crippen LogP contribution in [0.3, 0.4) is 0 Å². The molecule has 1 atom stereocenters. The summed E-state index contributed by atoms with van der Waals surface area (Å²) in [7, 11) is 0. The molecule has 3 saturated heterocycles. The minimum atomic E-state index is 0.0340. The van der Waals surface area contributed by atoms with E-state index in [1.807, 2.05) is 4.90 Å². The van der Waals surface area contributed by atoms with Crippen LogP contribution in [-0.4, -0.2) is 73.3 Å². The van der Waals surface area contributed by atoms with E-state index in [4.69, 9.17) is 9.47 Å². The first kappa shape index (κ1) is 14.9. The van der Waals surface area contributed by atoms with Crippen molar-refractivity contribution in [3.8, 4) is 0 Å². The van der Waals surface area contributed by atoms with Gasteiger partial charge in [0.15, 0.2) is 0 Å². The van der Waals surface area contributed by atoms with Gasteiger partial charge in [-0.25, -0.2) is 0 Å². The zero-order valence-corrected chi connectivity index (χ0v) is 13.5. The minimum Gasteiger partial charge on any atom is -0.372 e. The third kappa shape index (κ3) is 2.68. The first-order valence-electron chi connectivity index (χ1n) is 9.00. The maximum Gasteiger partial charge on any atom is 0.248 e. The third-order valence-corrected chi connectivity index (χ3v) is 6.14. The summed E-state index contributed by atoms with van der Waals surface area (Å²) in [6.07, 6.45) is 7.48. The fraction of sp³-hybridized carbons (Fsp3) is 0.941. The van der Waals surface area contributed by atoms with E-state index >= 15 is 0 Å². The Kier molecular flexibility index (Phi) is 4.13. The molecule has 3 aliphatic heterocycles. The van der Waals surface area contributed by atoms with Crippen molar-refractivity contribution in [3.63, 3.8) is 0 Å². The van der Waals surface area contributed by atoms with E-state index in [2.05, 4.69) is 4.90 Å². The summed E-state index contributed by atoms with van der Waals surface area (Å²) in [5.74, 6) is 0.630. The van der Waals surface area contributed by atoms with Gasteiger partial charge in [-0.2, -0.15) is 0 Å². The highest BCUT2D eigenvalue weighted by atomic mass is 16.5. The number of ether oxygens (including phenoxy) is 2. The average molecular weight is 308 g/mol. The first-order chi connectivity index (χ1) is 10.8. The molecule has 1 amide bonds. The second-order valence-corrected chi connectivity index (χ2v) is 7.49. The van der Waals surface area contributed by atoms with Gasteiger partial charge in [-0.15, -0.1) is 0 Å². The van der Waals surface area contributed by atoms with Gasteiger partial charge in [0.2, 0.25) is 5.91 Å². The summed E-state index contributed by atoms with van der Waals surface area (Å²) < 4.78 is 11.8. The minimum absolute atomic E-state index is 0.0340. The van der Waals surface area contributed by atoms with Crippen LogP contribution in [0.1, 0.15) is 38.5 Å². The van der Waals surface area contributed by atoms with E-state index in [0.717, 1.165) is 58.1 Å². The Morgan fingerprint density at radius 2 is 1.91 bits per heavy atom. The molecular formula is C17H28N2O3. The van der Waals surface area contributed by atoms with Crippen molar-refractivity contribution in [1.82, 2.24) is 9.80 Å². The lowest BCUT2D eigenvalue weighted by molar-refractivity contribution is -0.165. The predicted molar refractivity (Wildman–Crippen MR) is 82.6 cm³/mol. The number of hydrogen-bond acceptors (Lipinski definition) is 4. The number of rotatable bonds is 5. The van der Waals surface area contributed by atoms with E-state index in [1.54, 1.807) is 0 Å². The summed E-state index contributed by atoms with van der Waals surface area (Å²) >= 11 is 0. The summed E-state index contributed by atoms with van der Waals surface area (Å²) in [6.45, 7) is 5.76. The molecule has 5 nitrogen and oxygen atoms in total. The summed E-state index contributed by atoms with van der Waals surface area (Å²) in [5, 5.41) is 0. The second-order valence-electron chi connectivity index (χ2n) is 7.49. The zero-order valence-electron chi connectivity index (χ0n) is 13.5. The highest BCUT2D eigenvalue weighted by molar-refractivity contribution is 5.77. The van der Waals surface area contributed by atoms with Crippen molar-refractivity contribution in [1.29, 1.82) is 0 Å². The fourth-order valence-corrected chi connectivity index (χ4v) is 4.37. The number of carbonyl (C=O) groups is 1. The molecule has 0 N–H and O–H groups in total. The Hall–Kier alpha value is -0.650. The molecule has 22 heavy (non-hydrogen) atoms. The maximum atomic E-state index is 12.0. The number of hydrogen-bond donors (Lipinski definition) is 0. The highest BCUT2D eigenvalue weighted by Crippen LogP contribution is 2.43. The molecule has 0 unspecified atom stereocenters. The van der Waals surface area contributed by atoms with Crippen molar-refractivity contribution in [2.75, 3.05) is 46.0 Å². The topological polar surface area (TPSA) is 42.0 Å². The van der Waals surface area contributed by atoms with E-state index in [1.165, 1.54) is 19.3 Å². The molecule has 0 radical (unpaired) electrons. The van der Waals surface area contributed by atoms with Crippen LogP contribution >= 0.6 is 0 Å². The number of carbonyl (C=O) groups excluding carboxylic acids is 1. The highest BCUT2D eigenvalue weighted by Gasteiger charge is 2.54. The third-order valence-electron chi connectivity index (χ3n) is 6.14. The van der Waals surface area contributed by atoms with Crippen LogP contribution in [0.25, 0.3) is 0 Å². The quantitative estimate of drug-likeness (QED) is 0.767. The molecule has 4 fully saturated rings. The van der Waals surface area contributed by atoms with Crippen LogP contribution in [0.4, 0.5) is 0 Å². The normalized spacial score (nSPS) is 31.5. The molecule has 0 bridgehead atoms. The lowest BCUT2D eigenvalue weighted by atomic mass is 9.77. The lowest BCUT2D eigenvalue weighted by Crippen LogP contribution is -2.68. The van der Waals surface area contributed by atoms with Gasteiger partial charge in [0.25, 0.3) is 0 Å². The molecule has 0 aromatic heterocycles. The Bertz CT molecular complexity index is 412. The van der Waals surface area contributed by atoms with Gasteiger partial charge in [0.05, 0.1) is 12.2 Å². The second kappa shape index (κ2) is 6.10. The van der Waals surface area contributed by atoms with Gasteiger partial charge in [-0.3, -0.25) is 9.69 Å². The van der Waals surface area contributed by atoms with E-state index in [9.17, 15) is 4.79 Å². The SMILES string of the molecule is O=C(COC[C@H]1CCOC12CN(C1CCC1)C2)N1CCCC1. The summed E-state index contributed by atoms with van der Waals surface area (Å²) in [5.41, 5.74) is 0.0340. The maximum absolute atomic E-state index is 12.0. The van der Waals surface area contributed by atoms with Crippen LogP contribution in [0.5, 0.6) is 0 Å². The van der Waals surface area contributed by atoms with Gasteiger partial charge in [0, 0.05) is 44.7 Å². The molecule has 1 aliphatic carbocycles. The van der Waals surface area contributed by atoms with Crippen molar-refractivity contribution in [2.24, 2.45) is 5.92 Å². The molecule has 4 rings (SSSR count). The molecule has 5 heteroatoms. The van der Waals surface area contributed by atoms with Crippen LogP contribution in [0.2, 0.25) is 0 Å². The Morgan fingerprint density at radius 3 is 2.59 bits per heavy atom. The van der Waals surface area contributed by atoms with Gasteiger partial charge in [-0.1, -0.05) is 6.42 Å². The van der Waals surface area contributed by atoms with Gasteiger partial charge < -0.3 is 14.4 Å². The zero-order chi connectivity index (χ0) is 15.0. The van der Waals surface area contributed by atoms with Crippen molar-refractivity contribution < 1.29 is 14.3 Å². The Balaban J connectivity index is 1.21. The largest absolute Gasteiger partial charge is 0.372 e. The molecule has 124 valence electrons. The molecule has 1 spiro atoms. The van der Waals surface area contributed by atoms with Crippen molar-refractivity contribution in [2.45, 2.75) is 50.2 Å². The van der Waals surface area contributed by atoms with Gasteiger partial charge >= 0.3 is 0 Å². The number of amides is 1. The van der Waals surface area contributed by atoms with Crippen LogP contribution in [0.15, 0.2) is 0 Å². The predicted octanol–water partition coefficient (Wildman–Crippen LogP) is 1.27. The van der Waals surface area contributed by atoms with Gasteiger partial charge in [0.1, 0.15) is 6.61 Å². The fourth-order valence-electron chi connectivity index (χ4n) is 4.37. The molecule has 0 aromatic carbocycles. The van der Waals surface area contributed by atoms with Crippen LogP contribution in [0, 0.1) is 5.92 Å². The molecule has 4 aliphatic rings. The number of nitrogens with zero attached hydrogens (tertiary/aromatic N) is 2. The monoisotopic (exact) mass is 308 g/mol. The standard InChI is InChI=1S/C17H28N2O3/c20-16(18-7-1-2-8-18)11-21-10-14-6-9-22-17(14)12-19(13-17)15-4-3-5-15/h14-15H,1-13H2/t14-/m1/s1. The average Bonchev–Trinajstić information content (AvgIpc) is 3.05. The van der Waals surface area contributed by atoms with Crippen molar-refractivity contribution >= 4 is 5.91 Å². The molecule has 0 aromatic rings. The number of likely N-dealkylation sites (tertiary alicyclic amines) is 2. The first-order valence-corrected chi connectivity index (χ1v) is 9.00. The molecule has 3 heterocycles. The summed E-state index contributed by atoms with van der Waals surface area (Å²) in [4.78, 5) is 16.5. The van der Waals surface area contributed by atoms with E-state index < -0.39 is 0 Å². The summed E-state index contributed by atoms with van der Waals surface area (Å²) in [6, 6.07) is 0.813. The van der Waals surface area contributed by atoms with Crippen LogP contribution < -0.4 is 0 Å². The Morgan fingerprint density at radius 1 is 1.14 bits per heavy atom. The van der Waals surface area contributed by atoms with E-state index in [-0.39, 0.29) is 18.1 Å². The Labute approximate surface area is 132 Å². The molecular weight excluding hydrogens is 280 g/mol. The van der Waals surface area contributed by atoms with E-state index in [0.29, 0.717) is 12.5 Å². The lowest BCUT2D eigenvalue weighted by Gasteiger charge is -2.55.